The standard InChI is InChI=1S/C14H19Cl2NO2/c15-12-6-3-7-13(16)14(12)19-9-11(18)8-17-10-4-1-2-5-10/h3,6-7,10-11,17-18H,1-2,4-5,8-9H2. The molecule has 1 fully saturated rings. The Morgan fingerprint density at radius 1 is 1.26 bits per heavy atom. The highest BCUT2D eigenvalue weighted by Crippen LogP contribution is 2.32. The van der Waals surface area contributed by atoms with Gasteiger partial charge < -0.3 is 15.2 Å². The summed E-state index contributed by atoms with van der Waals surface area (Å²) in [5.41, 5.74) is 0. The van der Waals surface area contributed by atoms with Crippen LogP contribution < -0.4 is 10.1 Å². The first-order valence-corrected chi connectivity index (χ1v) is 7.40. The van der Waals surface area contributed by atoms with E-state index < -0.39 is 6.10 Å². The van der Waals surface area contributed by atoms with Crippen LogP contribution >= 0.6 is 23.2 Å². The number of halogens is 2. The van der Waals surface area contributed by atoms with Crippen molar-refractivity contribution in [3.63, 3.8) is 0 Å². The van der Waals surface area contributed by atoms with Gasteiger partial charge in [-0.1, -0.05) is 42.1 Å². The van der Waals surface area contributed by atoms with Crippen molar-refractivity contribution in [2.45, 2.75) is 37.8 Å². The zero-order chi connectivity index (χ0) is 13.7. The summed E-state index contributed by atoms with van der Waals surface area (Å²) in [6.07, 6.45) is 4.39. The fourth-order valence-electron chi connectivity index (χ4n) is 2.29. The molecule has 19 heavy (non-hydrogen) atoms. The molecule has 1 aliphatic rings. The second kappa shape index (κ2) is 7.34. The Morgan fingerprint density at radius 2 is 1.89 bits per heavy atom. The lowest BCUT2D eigenvalue weighted by Gasteiger charge is -2.17. The van der Waals surface area contributed by atoms with Gasteiger partial charge in [0.1, 0.15) is 12.7 Å². The van der Waals surface area contributed by atoms with Crippen LogP contribution in [-0.4, -0.2) is 30.4 Å². The number of para-hydroxylation sites is 1. The Kier molecular flexibility index (Phi) is 5.76. The summed E-state index contributed by atoms with van der Waals surface area (Å²) in [6.45, 7) is 0.718. The van der Waals surface area contributed by atoms with Crippen LogP contribution in [0, 0.1) is 0 Å². The summed E-state index contributed by atoms with van der Waals surface area (Å²) in [4.78, 5) is 0. The molecule has 1 aliphatic carbocycles. The third kappa shape index (κ3) is 4.53. The third-order valence-electron chi connectivity index (χ3n) is 3.34. The number of hydrogen-bond acceptors (Lipinski definition) is 3. The van der Waals surface area contributed by atoms with Crippen LogP contribution in [0.4, 0.5) is 0 Å². The highest BCUT2D eigenvalue weighted by Gasteiger charge is 2.16. The van der Waals surface area contributed by atoms with Crippen molar-refractivity contribution in [3.8, 4) is 5.75 Å². The predicted octanol–water partition coefficient (Wildman–Crippen LogP) is 3.27. The van der Waals surface area contributed by atoms with E-state index in [2.05, 4.69) is 5.32 Å². The van der Waals surface area contributed by atoms with Gasteiger partial charge in [0, 0.05) is 12.6 Å². The molecular weight excluding hydrogens is 285 g/mol. The number of nitrogens with one attached hydrogen (secondary N) is 1. The molecule has 1 atom stereocenters. The first-order chi connectivity index (χ1) is 9.16. The lowest BCUT2D eigenvalue weighted by Crippen LogP contribution is -2.36. The molecule has 3 nitrogen and oxygen atoms in total. The second-order valence-electron chi connectivity index (χ2n) is 4.91. The number of benzene rings is 1. The summed E-state index contributed by atoms with van der Waals surface area (Å²) in [5, 5.41) is 14.2. The molecule has 0 heterocycles. The maximum Gasteiger partial charge on any atom is 0.156 e. The molecule has 2 rings (SSSR count). The molecule has 0 bridgehead atoms. The van der Waals surface area contributed by atoms with Gasteiger partial charge >= 0.3 is 0 Å². The van der Waals surface area contributed by atoms with Crippen LogP contribution in [0.3, 0.4) is 0 Å². The minimum Gasteiger partial charge on any atom is -0.488 e. The van der Waals surface area contributed by atoms with Crippen molar-refractivity contribution in [2.75, 3.05) is 13.2 Å². The normalized spacial score (nSPS) is 17.6. The maximum absolute atomic E-state index is 9.88. The minimum absolute atomic E-state index is 0.184. The molecule has 2 N–H and O–H groups in total. The third-order valence-corrected chi connectivity index (χ3v) is 3.93. The molecule has 106 valence electrons. The summed E-state index contributed by atoms with van der Waals surface area (Å²) in [6, 6.07) is 5.73. The molecule has 1 aromatic rings. The number of rotatable bonds is 6. The number of ether oxygens (including phenoxy) is 1. The number of aliphatic hydroxyl groups excluding tert-OH is 1. The Hall–Kier alpha value is -0.480. The number of hydrogen-bond donors (Lipinski definition) is 2. The van der Waals surface area contributed by atoms with Gasteiger partial charge in [-0.05, 0) is 25.0 Å². The second-order valence-corrected chi connectivity index (χ2v) is 5.72. The van der Waals surface area contributed by atoms with Gasteiger partial charge in [0.05, 0.1) is 10.0 Å². The van der Waals surface area contributed by atoms with Gasteiger partial charge in [0.15, 0.2) is 5.75 Å². The summed E-state index contributed by atoms with van der Waals surface area (Å²) < 4.78 is 5.49. The molecule has 1 saturated carbocycles. The van der Waals surface area contributed by atoms with Gasteiger partial charge in [-0.3, -0.25) is 0 Å². The SMILES string of the molecule is OC(CNC1CCCC1)COc1c(Cl)cccc1Cl. The summed E-state index contributed by atoms with van der Waals surface area (Å²) in [7, 11) is 0. The quantitative estimate of drug-likeness (QED) is 0.847. The molecule has 0 aromatic heterocycles. The van der Waals surface area contributed by atoms with Crippen molar-refractivity contribution >= 4 is 23.2 Å². The van der Waals surface area contributed by atoms with Crippen LogP contribution in [0.15, 0.2) is 18.2 Å². The molecule has 0 spiro atoms. The maximum atomic E-state index is 9.88. The smallest absolute Gasteiger partial charge is 0.156 e. The van der Waals surface area contributed by atoms with Gasteiger partial charge in [0.2, 0.25) is 0 Å². The molecular formula is C14H19Cl2NO2. The van der Waals surface area contributed by atoms with Gasteiger partial charge in [-0.2, -0.15) is 0 Å². The van der Waals surface area contributed by atoms with E-state index in [9.17, 15) is 5.11 Å². The average molecular weight is 304 g/mol. The molecule has 0 amide bonds. The van der Waals surface area contributed by atoms with Gasteiger partial charge in [-0.15, -0.1) is 0 Å². The molecule has 5 heteroatoms. The molecule has 0 saturated heterocycles. The fraction of sp³-hybridized carbons (Fsp3) is 0.571. The molecule has 1 unspecified atom stereocenters. The highest BCUT2D eigenvalue weighted by atomic mass is 35.5. The molecule has 0 radical (unpaired) electrons. The highest BCUT2D eigenvalue weighted by molar-refractivity contribution is 6.37. The van der Waals surface area contributed by atoms with Crippen molar-refractivity contribution < 1.29 is 9.84 Å². The molecule has 0 aliphatic heterocycles. The van der Waals surface area contributed by atoms with E-state index in [-0.39, 0.29) is 6.61 Å². The minimum atomic E-state index is -0.562. The lowest BCUT2D eigenvalue weighted by molar-refractivity contribution is 0.104. The summed E-state index contributed by atoms with van der Waals surface area (Å²) in [5.74, 6) is 0.436. The Morgan fingerprint density at radius 3 is 2.53 bits per heavy atom. The largest absolute Gasteiger partial charge is 0.488 e. The van der Waals surface area contributed by atoms with Crippen molar-refractivity contribution in [2.24, 2.45) is 0 Å². The van der Waals surface area contributed by atoms with Crippen LogP contribution in [-0.2, 0) is 0 Å². The van der Waals surface area contributed by atoms with Crippen molar-refractivity contribution in [1.82, 2.24) is 5.32 Å². The van der Waals surface area contributed by atoms with E-state index in [1.165, 1.54) is 25.7 Å². The van der Waals surface area contributed by atoms with Crippen molar-refractivity contribution in [1.29, 1.82) is 0 Å². The number of aliphatic hydroxyl groups is 1. The fourth-order valence-corrected chi connectivity index (χ4v) is 2.80. The summed E-state index contributed by atoms with van der Waals surface area (Å²) >= 11 is 12.0. The van der Waals surface area contributed by atoms with E-state index in [1.54, 1.807) is 18.2 Å². The van der Waals surface area contributed by atoms with Crippen LogP contribution in [0.25, 0.3) is 0 Å². The first kappa shape index (κ1) is 14.9. The van der Waals surface area contributed by atoms with Gasteiger partial charge in [0.25, 0.3) is 0 Å². The molecule has 1 aromatic carbocycles. The first-order valence-electron chi connectivity index (χ1n) is 6.65. The zero-order valence-electron chi connectivity index (χ0n) is 10.7. The Balaban J connectivity index is 1.75. The van der Waals surface area contributed by atoms with Crippen LogP contribution in [0.5, 0.6) is 5.75 Å². The van der Waals surface area contributed by atoms with E-state index in [0.717, 1.165) is 0 Å². The Bertz CT molecular complexity index is 388. The van der Waals surface area contributed by atoms with Crippen molar-refractivity contribution in [3.05, 3.63) is 28.2 Å². The monoisotopic (exact) mass is 303 g/mol. The van der Waals surface area contributed by atoms with Crippen LogP contribution in [0.1, 0.15) is 25.7 Å². The van der Waals surface area contributed by atoms with E-state index in [1.807, 2.05) is 0 Å². The predicted molar refractivity (Wildman–Crippen MR) is 78.2 cm³/mol. The Labute approximate surface area is 123 Å². The lowest BCUT2D eigenvalue weighted by atomic mass is 10.2. The van der Waals surface area contributed by atoms with Gasteiger partial charge in [-0.25, -0.2) is 0 Å². The van der Waals surface area contributed by atoms with Crippen LogP contribution in [0.2, 0.25) is 10.0 Å². The topological polar surface area (TPSA) is 41.5 Å². The zero-order valence-corrected chi connectivity index (χ0v) is 12.3. The van der Waals surface area contributed by atoms with E-state index in [4.69, 9.17) is 27.9 Å². The average Bonchev–Trinajstić information content (AvgIpc) is 2.89. The van der Waals surface area contributed by atoms with E-state index in [0.29, 0.717) is 28.4 Å². The van der Waals surface area contributed by atoms with E-state index >= 15 is 0 Å².